The lowest BCUT2D eigenvalue weighted by molar-refractivity contribution is -0.117. The Bertz CT molecular complexity index is 1070. The molecule has 4 rings (SSSR count). The normalized spacial score (nSPS) is 13.6. The summed E-state index contributed by atoms with van der Waals surface area (Å²) in [5, 5.41) is 4.13. The molecule has 1 aromatic heterocycles. The predicted molar refractivity (Wildman–Crippen MR) is 115 cm³/mol. The van der Waals surface area contributed by atoms with Gasteiger partial charge in [0, 0.05) is 25.2 Å². The summed E-state index contributed by atoms with van der Waals surface area (Å²) in [4.78, 5) is 22.5. The fourth-order valence-electron chi connectivity index (χ4n) is 3.71. The van der Waals surface area contributed by atoms with Gasteiger partial charge in [0.25, 0.3) is 0 Å². The van der Waals surface area contributed by atoms with Crippen LogP contribution in [0.25, 0.3) is 10.9 Å². The van der Waals surface area contributed by atoms with Crippen molar-refractivity contribution in [2.24, 2.45) is 0 Å². The van der Waals surface area contributed by atoms with Gasteiger partial charge in [0.05, 0.1) is 26.7 Å². The molecule has 1 N–H and O–H groups in total. The molecule has 8 heteroatoms. The number of amides is 1. The summed E-state index contributed by atoms with van der Waals surface area (Å²) in [6, 6.07) is 9.83. The van der Waals surface area contributed by atoms with Crippen molar-refractivity contribution < 1.29 is 19.0 Å². The number of carbonyl (C=O) groups excluding carboxylic acids is 1. The molecular weight excluding hydrogens is 384 g/mol. The Balaban J connectivity index is 1.59. The Morgan fingerprint density at radius 2 is 1.80 bits per heavy atom. The summed E-state index contributed by atoms with van der Waals surface area (Å²) in [5.74, 6) is 2.38. The molecule has 1 amide bonds. The van der Waals surface area contributed by atoms with Gasteiger partial charge < -0.3 is 24.4 Å². The minimum atomic E-state index is 0.187. The second kappa shape index (κ2) is 8.44. The minimum absolute atomic E-state index is 0.187. The second-order valence-electron chi connectivity index (χ2n) is 6.93. The molecule has 30 heavy (non-hydrogen) atoms. The summed E-state index contributed by atoms with van der Waals surface area (Å²) in [7, 11) is 4.71. The van der Waals surface area contributed by atoms with Crippen LogP contribution in [0.3, 0.4) is 0 Å². The largest absolute Gasteiger partial charge is 0.493 e. The molecule has 1 fully saturated rings. The lowest BCUT2D eigenvalue weighted by atomic mass is 10.1. The second-order valence-corrected chi connectivity index (χ2v) is 6.93. The molecule has 0 bridgehead atoms. The fourth-order valence-corrected chi connectivity index (χ4v) is 3.71. The molecule has 0 spiro atoms. The smallest absolute Gasteiger partial charge is 0.227 e. The number of methoxy groups -OCH3 is 3. The zero-order valence-electron chi connectivity index (χ0n) is 17.3. The van der Waals surface area contributed by atoms with Crippen molar-refractivity contribution >= 4 is 28.3 Å². The van der Waals surface area contributed by atoms with Crippen LogP contribution in [-0.4, -0.2) is 43.7 Å². The Kier molecular flexibility index (Phi) is 5.56. The topological polar surface area (TPSA) is 85.8 Å². The monoisotopic (exact) mass is 408 g/mol. The molecule has 1 saturated heterocycles. The van der Waals surface area contributed by atoms with E-state index in [2.05, 4.69) is 15.3 Å². The van der Waals surface area contributed by atoms with Crippen molar-refractivity contribution in [3.63, 3.8) is 0 Å². The van der Waals surface area contributed by atoms with Crippen molar-refractivity contribution in [1.82, 2.24) is 9.97 Å². The molecule has 156 valence electrons. The number of nitrogens with one attached hydrogen (secondary N) is 1. The highest BCUT2D eigenvalue weighted by molar-refractivity contribution is 5.97. The van der Waals surface area contributed by atoms with Gasteiger partial charge in [0.2, 0.25) is 11.7 Å². The molecular formula is C22H24N4O4. The third kappa shape index (κ3) is 3.56. The van der Waals surface area contributed by atoms with Gasteiger partial charge in [-0.05, 0) is 30.2 Å². The van der Waals surface area contributed by atoms with Crippen LogP contribution < -0.4 is 24.4 Å². The van der Waals surface area contributed by atoms with Gasteiger partial charge in [-0.1, -0.05) is 12.1 Å². The summed E-state index contributed by atoms with van der Waals surface area (Å²) in [6.45, 7) is 1.35. The zero-order valence-corrected chi connectivity index (χ0v) is 17.3. The maximum atomic E-state index is 11.9. The molecule has 1 aliphatic heterocycles. The van der Waals surface area contributed by atoms with E-state index in [-0.39, 0.29) is 5.91 Å². The molecule has 1 aliphatic rings. The van der Waals surface area contributed by atoms with E-state index in [1.54, 1.807) is 21.3 Å². The summed E-state index contributed by atoms with van der Waals surface area (Å²) in [6.07, 6.45) is 3.03. The standard InChI is InChI=1S/C22H24N4O4/c1-28-17-11-16-19(21(30-3)20(17)29-2)24-13-25-22(16)23-12-14-6-8-15(9-7-14)26-10-4-5-18(26)27/h6-9,11,13H,4-5,10,12H2,1-3H3,(H,23,24,25). The van der Waals surface area contributed by atoms with E-state index in [4.69, 9.17) is 14.2 Å². The maximum Gasteiger partial charge on any atom is 0.227 e. The summed E-state index contributed by atoms with van der Waals surface area (Å²) < 4.78 is 16.4. The Morgan fingerprint density at radius 1 is 1.03 bits per heavy atom. The molecule has 0 radical (unpaired) electrons. The average Bonchev–Trinajstić information content (AvgIpc) is 3.22. The van der Waals surface area contributed by atoms with Crippen molar-refractivity contribution in [2.45, 2.75) is 19.4 Å². The van der Waals surface area contributed by atoms with Crippen LogP contribution >= 0.6 is 0 Å². The number of benzene rings is 2. The molecule has 0 unspecified atom stereocenters. The third-order valence-corrected chi connectivity index (χ3v) is 5.21. The first-order valence-electron chi connectivity index (χ1n) is 9.73. The summed E-state index contributed by atoms with van der Waals surface area (Å²) in [5.41, 5.74) is 2.65. The number of hydrogen-bond acceptors (Lipinski definition) is 7. The van der Waals surface area contributed by atoms with Crippen LogP contribution in [0.4, 0.5) is 11.5 Å². The molecule has 8 nitrogen and oxygen atoms in total. The van der Waals surface area contributed by atoms with E-state index >= 15 is 0 Å². The van der Waals surface area contributed by atoms with E-state index in [0.29, 0.717) is 41.5 Å². The van der Waals surface area contributed by atoms with Gasteiger partial charge in [-0.3, -0.25) is 4.79 Å². The van der Waals surface area contributed by atoms with Gasteiger partial charge in [-0.15, -0.1) is 0 Å². The summed E-state index contributed by atoms with van der Waals surface area (Å²) >= 11 is 0. The maximum absolute atomic E-state index is 11.9. The van der Waals surface area contributed by atoms with E-state index in [0.717, 1.165) is 29.6 Å². The number of fused-ring (bicyclic) bond motifs is 1. The predicted octanol–water partition coefficient (Wildman–Crippen LogP) is 3.39. The highest BCUT2D eigenvalue weighted by Crippen LogP contribution is 2.43. The lowest BCUT2D eigenvalue weighted by Crippen LogP contribution is -2.23. The fraction of sp³-hybridized carbons (Fsp3) is 0.318. The first-order valence-corrected chi connectivity index (χ1v) is 9.73. The molecule has 0 aliphatic carbocycles. The van der Waals surface area contributed by atoms with E-state index in [1.807, 2.05) is 35.2 Å². The lowest BCUT2D eigenvalue weighted by Gasteiger charge is -2.17. The van der Waals surface area contributed by atoms with Crippen LogP contribution in [0.15, 0.2) is 36.7 Å². The molecule has 2 heterocycles. The van der Waals surface area contributed by atoms with Crippen LogP contribution in [0, 0.1) is 0 Å². The first-order chi connectivity index (χ1) is 14.7. The van der Waals surface area contributed by atoms with Gasteiger partial charge in [-0.25, -0.2) is 9.97 Å². The molecule has 0 saturated carbocycles. The molecule has 3 aromatic rings. The number of nitrogens with zero attached hydrogens (tertiary/aromatic N) is 3. The van der Waals surface area contributed by atoms with Crippen LogP contribution in [0.5, 0.6) is 17.2 Å². The molecule has 2 aromatic carbocycles. The minimum Gasteiger partial charge on any atom is -0.493 e. The van der Waals surface area contributed by atoms with Gasteiger partial charge in [0.15, 0.2) is 11.5 Å². The van der Waals surface area contributed by atoms with Gasteiger partial charge in [0.1, 0.15) is 17.7 Å². The van der Waals surface area contributed by atoms with E-state index in [1.165, 1.54) is 6.33 Å². The SMILES string of the molecule is COc1cc2c(NCc3ccc(N4CCCC4=O)cc3)ncnc2c(OC)c1OC. The number of rotatable bonds is 7. The number of anilines is 2. The van der Waals surface area contributed by atoms with E-state index < -0.39 is 0 Å². The molecule has 0 atom stereocenters. The number of carbonyl (C=O) groups is 1. The number of hydrogen-bond donors (Lipinski definition) is 1. The zero-order chi connectivity index (χ0) is 21.1. The van der Waals surface area contributed by atoms with Crippen LogP contribution in [0.2, 0.25) is 0 Å². The van der Waals surface area contributed by atoms with Crippen molar-refractivity contribution in [1.29, 1.82) is 0 Å². The Hall–Kier alpha value is -3.55. The Morgan fingerprint density at radius 3 is 2.43 bits per heavy atom. The average molecular weight is 408 g/mol. The van der Waals surface area contributed by atoms with Crippen molar-refractivity contribution in [2.75, 3.05) is 38.1 Å². The number of ether oxygens (including phenoxy) is 3. The quantitative estimate of drug-likeness (QED) is 0.641. The highest BCUT2D eigenvalue weighted by Gasteiger charge is 2.22. The van der Waals surface area contributed by atoms with E-state index in [9.17, 15) is 4.79 Å². The third-order valence-electron chi connectivity index (χ3n) is 5.21. The van der Waals surface area contributed by atoms with Gasteiger partial charge >= 0.3 is 0 Å². The first kappa shape index (κ1) is 19.8. The van der Waals surface area contributed by atoms with Crippen LogP contribution in [0.1, 0.15) is 18.4 Å². The van der Waals surface area contributed by atoms with Crippen molar-refractivity contribution in [3.8, 4) is 17.2 Å². The van der Waals surface area contributed by atoms with Crippen molar-refractivity contribution in [3.05, 3.63) is 42.2 Å². The highest BCUT2D eigenvalue weighted by atomic mass is 16.5. The Labute approximate surface area is 174 Å². The number of aromatic nitrogens is 2. The van der Waals surface area contributed by atoms with Crippen LogP contribution in [-0.2, 0) is 11.3 Å². The van der Waals surface area contributed by atoms with Gasteiger partial charge in [-0.2, -0.15) is 0 Å².